The molecule has 3 rings (SSSR count). The van der Waals surface area contributed by atoms with Crippen LogP contribution >= 0.6 is 0 Å². The second-order valence-electron chi connectivity index (χ2n) is 6.90. The standard InChI is InChI=1S/C22H24N2O5/c1-13-14(2)22(27)29-21-10-19(8-9-20(13)21)28-12-18(26)11-23-16-4-6-17(7-5-16)24-15(3)25/h4-10,18,23,26H,11-12H2,1-3H3,(H,24,25). The predicted molar refractivity (Wildman–Crippen MR) is 113 cm³/mol. The number of benzene rings is 2. The molecule has 152 valence electrons. The van der Waals surface area contributed by atoms with Crippen LogP contribution in [0.5, 0.6) is 5.75 Å². The molecule has 1 amide bonds. The van der Waals surface area contributed by atoms with Gasteiger partial charge in [-0.3, -0.25) is 4.79 Å². The highest BCUT2D eigenvalue weighted by molar-refractivity contribution is 5.88. The van der Waals surface area contributed by atoms with Crippen LogP contribution in [0.25, 0.3) is 11.0 Å². The van der Waals surface area contributed by atoms with Crippen molar-refractivity contribution in [2.45, 2.75) is 26.9 Å². The molecule has 0 saturated heterocycles. The summed E-state index contributed by atoms with van der Waals surface area (Å²) in [5, 5.41) is 16.8. The fourth-order valence-corrected chi connectivity index (χ4v) is 2.88. The number of aliphatic hydroxyl groups excluding tert-OH is 1. The van der Waals surface area contributed by atoms with E-state index in [0.29, 0.717) is 29.1 Å². The lowest BCUT2D eigenvalue weighted by molar-refractivity contribution is -0.114. The average Bonchev–Trinajstić information content (AvgIpc) is 2.69. The van der Waals surface area contributed by atoms with Crippen molar-refractivity contribution in [1.82, 2.24) is 0 Å². The second-order valence-corrected chi connectivity index (χ2v) is 6.90. The molecule has 7 nitrogen and oxygen atoms in total. The number of hydrogen-bond donors (Lipinski definition) is 3. The van der Waals surface area contributed by atoms with Crippen LogP contribution in [0.4, 0.5) is 11.4 Å². The third-order valence-corrected chi connectivity index (χ3v) is 4.62. The number of hydrogen-bond acceptors (Lipinski definition) is 6. The lowest BCUT2D eigenvalue weighted by atomic mass is 10.1. The number of aryl methyl sites for hydroxylation is 1. The Morgan fingerprint density at radius 1 is 1.10 bits per heavy atom. The molecule has 0 radical (unpaired) electrons. The maximum absolute atomic E-state index is 11.8. The number of nitrogens with one attached hydrogen (secondary N) is 2. The molecule has 1 atom stereocenters. The van der Waals surface area contributed by atoms with Crippen LogP contribution in [0, 0.1) is 13.8 Å². The van der Waals surface area contributed by atoms with Gasteiger partial charge in [0.05, 0.1) is 0 Å². The van der Waals surface area contributed by atoms with Gasteiger partial charge in [-0.05, 0) is 55.8 Å². The Labute approximate surface area is 168 Å². The van der Waals surface area contributed by atoms with Crippen molar-refractivity contribution < 1.29 is 19.1 Å². The van der Waals surface area contributed by atoms with Crippen molar-refractivity contribution in [3.05, 3.63) is 64.0 Å². The molecular weight excluding hydrogens is 372 g/mol. The quantitative estimate of drug-likeness (QED) is 0.530. The van der Waals surface area contributed by atoms with E-state index in [2.05, 4.69) is 10.6 Å². The molecule has 1 unspecified atom stereocenters. The van der Waals surface area contributed by atoms with Gasteiger partial charge < -0.3 is 24.9 Å². The van der Waals surface area contributed by atoms with Gasteiger partial charge in [0.25, 0.3) is 0 Å². The van der Waals surface area contributed by atoms with Gasteiger partial charge in [-0.15, -0.1) is 0 Å². The Morgan fingerprint density at radius 2 is 1.79 bits per heavy atom. The summed E-state index contributed by atoms with van der Waals surface area (Å²) >= 11 is 0. The SMILES string of the molecule is CC(=O)Nc1ccc(NCC(O)COc2ccc3c(C)c(C)c(=O)oc3c2)cc1. The number of ether oxygens (including phenoxy) is 1. The highest BCUT2D eigenvalue weighted by Crippen LogP contribution is 2.24. The molecule has 2 aromatic carbocycles. The fraction of sp³-hybridized carbons (Fsp3) is 0.273. The van der Waals surface area contributed by atoms with E-state index in [1.54, 1.807) is 31.2 Å². The molecule has 1 aromatic heterocycles. The minimum absolute atomic E-state index is 0.0809. The summed E-state index contributed by atoms with van der Waals surface area (Å²) in [5.74, 6) is 0.388. The van der Waals surface area contributed by atoms with Gasteiger partial charge in [0, 0.05) is 41.9 Å². The van der Waals surface area contributed by atoms with E-state index >= 15 is 0 Å². The molecule has 0 fully saturated rings. The van der Waals surface area contributed by atoms with E-state index in [9.17, 15) is 14.7 Å². The van der Waals surface area contributed by atoms with E-state index in [1.807, 2.05) is 25.1 Å². The molecule has 3 N–H and O–H groups in total. The Hall–Kier alpha value is -3.32. The summed E-state index contributed by atoms with van der Waals surface area (Å²) in [7, 11) is 0. The van der Waals surface area contributed by atoms with Crippen LogP contribution in [-0.2, 0) is 4.79 Å². The smallest absolute Gasteiger partial charge is 0.339 e. The number of rotatable bonds is 7. The van der Waals surface area contributed by atoms with E-state index in [4.69, 9.17) is 9.15 Å². The fourth-order valence-electron chi connectivity index (χ4n) is 2.88. The van der Waals surface area contributed by atoms with Gasteiger partial charge in [0.2, 0.25) is 5.91 Å². The lowest BCUT2D eigenvalue weighted by Crippen LogP contribution is -2.26. The average molecular weight is 396 g/mol. The van der Waals surface area contributed by atoms with Crippen LogP contribution < -0.4 is 21.0 Å². The molecule has 1 heterocycles. The molecule has 7 heteroatoms. The first-order valence-corrected chi connectivity index (χ1v) is 9.30. The van der Waals surface area contributed by atoms with E-state index in [-0.39, 0.29) is 18.1 Å². The Morgan fingerprint density at radius 3 is 2.48 bits per heavy atom. The molecule has 3 aromatic rings. The summed E-state index contributed by atoms with van der Waals surface area (Å²) in [6.07, 6.45) is -0.743. The van der Waals surface area contributed by atoms with Crippen molar-refractivity contribution in [2.24, 2.45) is 0 Å². The van der Waals surface area contributed by atoms with Gasteiger partial charge in [-0.1, -0.05) is 0 Å². The Balaban J connectivity index is 1.55. The van der Waals surface area contributed by atoms with Crippen LogP contribution in [0.15, 0.2) is 51.7 Å². The lowest BCUT2D eigenvalue weighted by Gasteiger charge is -2.15. The normalized spacial score (nSPS) is 11.9. The molecule has 0 aliphatic rings. The van der Waals surface area contributed by atoms with Crippen LogP contribution in [-0.4, -0.2) is 30.3 Å². The first-order chi connectivity index (χ1) is 13.8. The summed E-state index contributed by atoms with van der Waals surface area (Å²) < 4.78 is 11.0. The molecular formula is C22H24N2O5. The van der Waals surface area contributed by atoms with Gasteiger partial charge in [0.15, 0.2) is 0 Å². The zero-order valence-corrected chi connectivity index (χ0v) is 16.6. The highest BCUT2D eigenvalue weighted by Gasteiger charge is 2.10. The van der Waals surface area contributed by atoms with Crippen molar-refractivity contribution in [2.75, 3.05) is 23.8 Å². The number of carbonyl (C=O) groups is 1. The molecule has 0 aliphatic heterocycles. The minimum Gasteiger partial charge on any atom is -0.491 e. The number of anilines is 2. The number of fused-ring (bicyclic) bond motifs is 1. The van der Waals surface area contributed by atoms with E-state index in [1.165, 1.54) is 6.92 Å². The number of aliphatic hydroxyl groups is 1. The van der Waals surface area contributed by atoms with Crippen molar-refractivity contribution in [3.8, 4) is 5.75 Å². The molecule has 0 saturated carbocycles. The molecule has 0 spiro atoms. The first-order valence-electron chi connectivity index (χ1n) is 9.30. The maximum Gasteiger partial charge on any atom is 0.339 e. The number of carbonyl (C=O) groups excluding carboxylic acids is 1. The molecule has 29 heavy (non-hydrogen) atoms. The Bertz CT molecular complexity index is 1070. The monoisotopic (exact) mass is 396 g/mol. The summed E-state index contributed by atoms with van der Waals surface area (Å²) in [5.41, 5.74) is 3.11. The first kappa shape index (κ1) is 20.4. The van der Waals surface area contributed by atoms with Crippen LogP contribution in [0.1, 0.15) is 18.1 Å². The van der Waals surface area contributed by atoms with E-state index < -0.39 is 6.10 Å². The van der Waals surface area contributed by atoms with Crippen LogP contribution in [0.3, 0.4) is 0 Å². The Kier molecular flexibility index (Phi) is 6.19. The van der Waals surface area contributed by atoms with Crippen molar-refractivity contribution in [3.63, 3.8) is 0 Å². The highest BCUT2D eigenvalue weighted by atomic mass is 16.5. The van der Waals surface area contributed by atoms with Gasteiger partial charge in [-0.2, -0.15) is 0 Å². The zero-order chi connectivity index (χ0) is 21.0. The van der Waals surface area contributed by atoms with E-state index in [0.717, 1.165) is 16.6 Å². The maximum atomic E-state index is 11.8. The minimum atomic E-state index is -0.743. The summed E-state index contributed by atoms with van der Waals surface area (Å²) in [6.45, 7) is 5.45. The molecule has 0 aliphatic carbocycles. The third-order valence-electron chi connectivity index (χ3n) is 4.62. The van der Waals surface area contributed by atoms with Crippen molar-refractivity contribution in [1.29, 1.82) is 0 Å². The van der Waals surface area contributed by atoms with Crippen molar-refractivity contribution >= 4 is 28.3 Å². The predicted octanol–water partition coefficient (Wildman–Crippen LogP) is 3.22. The van der Waals surface area contributed by atoms with Crippen LogP contribution in [0.2, 0.25) is 0 Å². The second kappa shape index (κ2) is 8.79. The van der Waals surface area contributed by atoms with Gasteiger partial charge >= 0.3 is 5.63 Å². The molecule has 0 bridgehead atoms. The largest absolute Gasteiger partial charge is 0.491 e. The summed E-state index contributed by atoms with van der Waals surface area (Å²) in [6, 6.07) is 12.5. The topological polar surface area (TPSA) is 101 Å². The van der Waals surface area contributed by atoms with Gasteiger partial charge in [0.1, 0.15) is 24.0 Å². The van der Waals surface area contributed by atoms with Gasteiger partial charge in [-0.25, -0.2) is 4.79 Å². The number of amides is 1. The third kappa shape index (κ3) is 5.14. The zero-order valence-electron chi connectivity index (χ0n) is 16.6. The summed E-state index contributed by atoms with van der Waals surface area (Å²) in [4.78, 5) is 22.9.